The number of aliphatic hydroxyl groups is 1. The molecule has 2 unspecified atom stereocenters. The van der Waals surface area contributed by atoms with Crippen molar-refractivity contribution in [3.8, 4) is 0 Å². The third-order valence-electron chi connectivity index (χ3n) is 2.89. The zero-order valence-corrected chi connectivity index (χ0v) is 12.6. The van der Waals surface area contributed by atoms with Crippen LogP contribution in [0.2, 0.25) is 0 Å². The number of amides is 2. The van der Waals surface area contributed by atoms with Gasteiger partial charge in [-0.05, 0) is 6.92 Å². The van der Waals surface area contributed by atoms with Gasteiger partial charge < -0.3 is 25.2 Å². The first-order valence-corrected chi connectivity index (χ1v) is 7.70. The van der Waals surface area contributed by atoms with E-state index in [4.69, 9.17) is 9.84 Å². The molecule has 21 heavy (non-hydrogen) atoms. The van der Waals surface area contributed by atoms with E-state index in [0.717, 1.165) is 11.8 Å². The van der Waals surface area contributed by atoms with Crippen molar-refractivity contribution in [2.75, 3.05) is 37.8 Å². The first-order chi connectivity index (χ1) is 9.91. The Morgan fingerprint density at radius 2 is 1.90 bits per heavy atom. The number of carboxylic acids is 1. The van der Waals surface area contributed by atoms with E-state index in [-0.39, 0.29) is 17.4 Å². The van der Waals surface area contributed by atoms with E-state index >= 15 is 0 Å². The normalized spacial score (nSPS) is 17.9. The number of nitrogens with one attached hydrogen (secondary N) is 1. The summed E-state index contributed by atoms with van der Waals surface area (Å²) in [7, 11) is 0. The smallest absolute Gasteiger partial charge is 0.328 e. The number of carbonyl (C=O) groups is 3. The molecular weight excluding hydrogens is 300 g/mol. The lowest BCUT2D eigenvalue weighted by atomic mass is 10.2. The fourth-order valence-corrected chi connectivity index (χ4v) is 2.47. The molecular formula is C12H20N2O6S. The fourth-order valence-electron chi connectivity index (χ4n) is 1.74. The van der Waals surface area contributed by atoms with Crippen LogP contribution in [0.1, 0.15) is 6.92 Å². The van der Waals surface area contributed by atoms with Crippen molar-refractivity contribution in [2.45, 2.75) is 19.1 Å². The van der Waals surface area contributed by atoms with E-state index in [2.05, 4.69) is 5.32 Å². The number of aliphatic carboxylic acids is 1. The molecule has 9 heteroatoms. The topological polar surface area (TPSA) is 116 Å². The van der Waals surface area contributed by atoms with E-state index in [0.29, 0.717) is 26.3 Å². The van der Waals surface area contributed by atoms with Crippen molar-refractivity contribution in [1.82, 2.24) is 10.2 Å². The van der Waals surface area contributed by atoms with Crippen LogP contribution >= 0.6 is 11.8 Å². The molecule has 1 aliphatic rings. The average molecular weight is 320 g/mol. The first-order valence-electron chi connectivity index (χ1n) is 6.55. The van der Waals surface area contributed by atoms with E-state index in [1.165, 1.54) is 6.92 Å². The van der Waals surface area contributed by atoms with E-state index < -0.39 is 24.0 Å². The summed E-state index contributed by atoms with van der Waals surface area (Å²) in [5, 5.41) is 20.3. The van der Waals surface area contributed by atoms with E-state index in [1.807, 2.05) is 0 Å². The van der Waals surface area contributed by atoms with Gasteiger partial charge in [-0.25, -0.2) is 4.79 Å². The molecule has 1 fully saturated rings. The molecule has 120 valence electrons. The highest BCUT2D eigenvalue weighted by Crippen LogP contribution is 2.05. The zero-order valence-electron chi connectivity index (χ0n) is 11.8. The predicted octanol–water partition coefficient (Wildman–Crippen LogP) is -1.47. The van der Waals surface area contributed by atoms with Crippen molar-refractivity contribution >= 4 is 29.5 Å². The Morgan fingerprint density at radius 3 is 2.43 bits per heavy atom. The number of morpholine rings is 1. The van der Waals surface area contributed by atoms with Gasteiger partial charge in [0.25, 0.3) is 0 Å². The number of ether oxygens (including phenoxy) is 1. The zero-order chi connectivity index (χ0) is 15.8. The number of hydrogen-bond acceptors (Lipinski definition) is 6. The molecule has 0 spiro atoms. The van der Waals surface area contributed by atoms with Crippen LogP contribution in [0.3, 0.4) is 0 Å². The largest absolute Gasteiger partial charge is 0.480 e. The van der Waals surface area contributed by atoms with Crippen molar-refractivity contribution in [3.05, 3.63) is 0 Å². The van der Waals surface area contributed by atoms with Gasteiger partial charge in [0.1, 0.15) is 0 Å². The maximum atomic E-state index is 11.8. The molecule has 0 aromatic rings. The molecule has 0 radical (unpaired) electrons. The second-order valence-electron chi connectivity index (χ2n) is 4.61. The summed E-state index contributed by atoms with van der Waals surface area (Å²) in [6, 6.07) is -1.34. The second kappa shape index (κ2) is 8.85. The maximum Gasteiger partial charge on any atom is 0.328 e. The number of carbonyl (C=O) groups excluding carboxylic acids is 2. The lowest BCUT2D eigenvalue weighted by molar-refractivity contribution is -0.144. The van der Waals surface area contributed by atoms with Gasteiger partial charge in [-0.15, -0.1) is 11.8 Å². The van der Waals surface area contributed by atoms with Crippen LogP contribution in [-0.2, 0) is 19.1 Å². The van der Waals surface area contributed by atoms with Crippen molar-refractivity contribution < 1.29 is 29.3 Å². The Hall–Kier alpha value is -1.32. The Morgan fingerprint density at radius 1 is 1.29 bits per heavy atom. The number of rotatable bonds is 7. The minimum atomic E-state index is -1.34. The van der Waals surface area contributed by atoms with Gasteiger partial charge in [0.05, 0.1) is 30.8 Å². The molecule has 1 aliphatic heterocycles. The molecule has 1 rings (SSSR count). The summed E-state index contributed by atoms with van der Waals surface area (Å²) < 4.78 is 5.14. The molecule has 0 saturated carbocycles. The lowest BCUT2D eigenvalue weighted by Gasteiger charge is -2.26. The molecule has 0 aromatic heterocycles. The Balaban J connectivity index is 2.26. The fraction of sp³-hybridized carbons (Fsp3) is 0.750. The summed E-state index contributed by atoms with van der Waals surface area (Å²) in [5.74, 6) is -1.77. The van der Waals surface area contributed by atoms with Gasteiger partial charge >= 0.3 is 5.97 Å². The molecule has 0 bridgehead atoms. The summed E-state index contributed by atoms with van der Waals surface area (Å²) in [6.07, 6.45) is -1.19. The SMILES string of the molecule is CC(O)C(NC(=O)CSCC(=O)N1CCOCC1)C(=O)O. The third-order valence-corrected chi connectivity index (χ3v) is 3.80. The van der Waals surface area contributed by atoms with Gasteiger partial charge in [0, 0.05) is 13.1 Å². The number of thioether (sulfide) groups is 1. The quantitative estimate of drug-likeness (QED) is 0.524. The number of hydrogen-bond donors (Lipinski definition) is 3. The molecule has 2 amide bonds. The van der Waals surface area contributed by atoms with Crippen LogP contribution < -0.4 is 5.32 Å². The molecule has 0 aliphatic carbocycles. The van der Waals surface area contributed by atoms with Crippen LogP contribution in [0.4, 0.5) is 0 Å². The number of nitrogens with zero attached hydrogens (tertiary/aromatic N) is 1. The van der Waals surface area contributed by atoms with E-state index in [9.17, 15) is 19.5 Å². The molecule has 2 atom stereocenters. The van der Waals surface area contributed by atoms with Gasteiger partial charge in [0.2, 0.25) is 11.8 Å². The summed E-state index contributed by atoms with van der Waals surface area (Å²) in [6.45, 7) is 3.43. The summed E-state index contributed by atoms with van der Waals surface area (Å²) in [4.78, 5) is 35.9. The molecule has 8 nitrogen and oxygen atoms in total. The Labute approximate surface area is 126 Å². The highest BCUT2D eigenvalue weighted by atomic mass is 32.2. The van der Waals surface area contributed by atoms with Gasteiger partial charge in [-0.3, -0.25) is 9.59 Å². The maximum absolute atomic E-state index is 11.8. The Bertz CT molecular complexity index is 384. The van der Waals surface area contributed by atoms with Crippen LogP contribution in [-0.4, -0.2) is 82.9 Å². The standard InChI is InChI=1S/C12H20N2O6S/c1-8(15)11(12(18)19)13-9(16)6-21-7-10(17)14-2-4-20-5-3-14/h8,11,15H,2-7H2,1H3,(H,13,16)(H,18,19). The van der Waals surface area contributed by atoms with E-state index in [1.54, 1.807) is 4.90 Å². The molecule has 0 aromatic carbocycles. The average Bonchev–Trinajstić information content (AvgIpc) is 2.45. The van der Waals surface area contributed by atoms with Crippen molar-refractivity contribution in [2.24, 2.45) is 0 Å². The molecule has 1 saturated heterocycles. The van der Waals surface area contributed by atoms with Crippen LogP contribution in [0.5, 0.6) is 0 Å². The first kappa shape index (κ1) is 17.7. The summed E-state index contributed by atoms with van der Waals surface area (Å²) >= 11 is 1.11. The minimum absolute atomic E-state index is 0.0351. The van der Waals surface area contributed by atoms with Crippen molar-refractivity contribution in [1.29, 1.82) is 0 Å². The summed E-state index contributed by atoms with van der Waals surface area (Å²) in [5.41, 5.74) is 0. The predicted molar refractivity (Wildman–Crippen MR) is 76.0 cm³/mol. The lowest BCUT2D eigenvalue weighted by Crippen LogP contribution is -2.48. The van der Waals surface area contributed by atoms with Gasteiger partial charge in [-0.1, -0.05) is 0 Å². The highest BCUT2D eigenvalue weighted by Gasteiger charge is 2.25. The van der Waals surface area contributed by atoms with Crippen LogP contribution in [0.25, 0.3) is 0 Å². The Kier molecular flexibility index (Phi) is 7.48. The number of aliphatic hydroxyl groups excluding tert-OH is 1. The molecule has 3 N–H and O–H groups in total. The molecule has 1 heterocycles. The van der Waals surface area contributed by atoms with Crippen LogP contribution in [0.15, 0.2) is 0 Å². The monoisotopic (exact) mass is 320 g/mol. The van der Waals surface area contributed by atoms with Crippen LogP contribution in [0, 0.1) is 0 Å². The number of carboxylic acid groups (broad SMARTS) is 1. The minimum Gasteiger partial charge on any atom is -0.480 e. The third kappa shape index (κ3) is 6.32. The van der Waals surface area contributed by atoms with Gasteiger partial charge in [-0.2, -0.15) is 0 Å². The van der Waals surface area contributed by atoms with Gasteiger partial charge in [0.15, 0.2) is 6.04 Å². The van der Waals surface area contributed by atoms with Crippen molar-refractivity contribution in [3.63, 3.8) is 0 Å². The highest BCUT2D eigenvalue weighted by molar-refractivity contribution is 8.00. The second-order valence-corrected chi connectivity index (χ2v) is 5.60.